The number of rotatable bonds is 15. The number of H-pyrrole nitrogens is 1. The van der Waals surface area contributed by atoms with Crippen molar-refractivity contribution < 1.29 is 29.0 Å². The number of aromatic nitrogens is 1. The molecule has 11 heteroatoms. The summed E-state index contributed by atoms with van der Waals surface area (Å²) in [4.78, 5) is 62.6. The molecule has 46 heavy (non-hydrogen) atoms. The topological polar surface area (TPSA) is 123 Å². The number of phenols is 1. The van der Waals surface area contributed by atoms with Crippen LogP contribution in [0.2, 0.25) is 0 Å². The summed E-state index contributed by atoms with van der Waals surface area (Å²) in [6.45, 7) is 2.69. The van der Waals surface area contributed by atoms with Gasteiger partial charge in [-0.2, -0.15) is 0 Å². The van der Waals surface area contributed by atoms with Crippen LogP contribution in [-0.2, 0) is 38.4 Å². The number of carbonyl (C=O) groups excluding carboxylic acids is 4. The monoisotopic (exact) mass is 644 g/mol. The van der Waals surface area contributed by atoms with Crippen LogP contribution in [0.3, 0.4) is 0 Å². The van der Waals surface area contributed by atoms with Crippen LogP contribution in [0.15, 0.2) is 66.2 Å². The molecule has 1 aliphatic rings. The molecule has 0 radical (unpaired) electrons. The molecule has 3 heterocycles. The molecule has 3 amide bonds. The molecular weight excluding hydrogens is 604 g/mol. The Balaban J connectivity index is 1.35. The summed E-state index contributed by atoms with van der Waals surface area (Å²) in [5, 5.41) is 12.8. The van der Waals surface area contributed by atoms with E-state index < -0.39 is 12.1 Å². The normalized spacial score (nSPS) is 15.7. The first-order valence-electron chi connectivity index (χ1n) is 15.6. The summed E-state index contributed by atoms with van der Waals surface area (Å²) in [6.07, 6.45) is 4.37. The number of amides is 3. The number of methoxy groups -OCH3 is 1. The standard InChI is InChI=1S/C35H40N4O6S/c1-3-26(23-40)38(16-13-25-21-36-31-11-8-27(41)19-30(25)31)33(42)20-32-35(44)37(15-12-24-6-9-28(45-2)10-7-24)22-34(43)39(32)17-14-29-5-4-18-46-29/h4-11,18-19,21,23,26,32,36,41H,3,12-17,20,22H2,1-2H3. The number of ether oxygens (including phenoxy) is 1. The first-order valence-corrected chi connectivity index (χ1v) is 16.5. The van der Waals surface area contributed by atoms with E-state index in [1.54, 1.807) is 46.4 Å². The molecule has 2 aromatic heterocycles. The molecule has 0 spiro atoms. The van der Waals surface area contributed by atoms with Gasteiger partial charge in [-0.05, 0) is 78.6 Å². The molecule has 2 N–H and O–H groups in total. The number of hydrogen-bond donors (Lipinski definition) is 2. The molecule has 10 nitrogen and oxygen atoms in total. The van der Waals surface area contributed by atoms with Crippen molar-refractivity contribution in [1.82, 2.24) is 19.7 Å². The largest absolute Gasteiger partial charge is 0.508 e. The lowest BCUT2D eigenvalue weighted by atomic mass is 10.0. The number of carbonyl (C=O) groups is 4. The highest BCUT2D eigenvalue weighted by Gasteiger charge is 2.41. The quantitative estimate of drug-likeness (QED) is 0.187. The average molecular weight is 645 g/mol. The number of thiophene rings is 1. The van der Waals surface area contributed by atoms with E-state index in [9.17, 15) is 24.3 Å². The number of piperazine rings is 1. The molecule has 242 valence electrons. The number of fused-ring (bicyclic) bond motifs is 1. The van der Waals surface area contributed by atoms with Crippen molar-refractivity contribution in [3.8, 4) is 11.5 Å². The fraction of sp³-hybridized carbons (Fsp3) is 0.371. The number of nitrogens with zero attached hydrogens (tertiary/aromatic N) is 3. The zero-order valence-electron chi connectivity index (χ0n) is 26.2. The molecule has 5 rings (SSSR count). The molecule has 0 saturated carbocycles. The van der Waals surface area contributed by atoms with E-state index in [-0.39, 0.29) is 43.0 Å². The number of hydrogen-bond acceptors (Lipinski definition) is 7. The number of nitrogens with one attached hydrogen (secondary N) is 1. The molecular formula is C35H40N4O6S. The van der Waals surface area contributed by atoms with Gasteiger partial charge in [0.25, 0.3) is 0 Å². The van der Waals surface area contributed by atoms with Gasteiger partial charge in [0.2, 0.25) is 17.7 Å². The maximum absolute atomic E-state index is 14.0. The zero-order valence-corrected chi connectivity index (χ0v) is 27.0. The molecule has 1 saturated heterocycles. The zero-order chi connectivity index (χ0) is 32.6. The maximum atomic E-state index is 14.0. The van der Waals surface area contributed by atoms with Crippen molar-refractivity contribution in [1.29, 1.82) is 0 Å². The Hall–Kier alpha value is -4.64. The van der Waals surface area contributed by atoms with E-state index >= 15 is 0 Å². The second kappa shape index (κ2) is 15.1. The van der Waals surface area contributed by atoms with E-state index in [4.69, 9.17) is 4.74 Å². The van der Waals surface area contributed by atoms with Gasteiger partial charge >= 0.3 is 0 Å². The Labute approximate surface area is 272 Å². The van der Waals surface area contributed by atoms with Crippen LogP contribution in [0, 0.1) is 0 Å². The van der Waals surface area contributed by atoms with Gasteiger partial charge in [0.05, 0.1) is 26.1 Å². The number of phenolic OH excluding ortho intramolecular Hbond substituents is 1. The number of aromatic hydroxyl groups is 1. The highest BCUT2D eigenvalue weighted by molar-refractivity contribution is 7.09. The van der Waals surface area contributed by atoms with Crippen molar-refractivity contribution in [2.24, 2.45) is 0 Å². The Bertz CT molecular complexity index is 1650. The summed E-state index contributed by atoms with van der Waals surface area (Å²) >= 11 is 1.58. The lowest BCUT2D eigenvalue weighted by Gasteiger charge is -2.41. The molecule has 0 bridgehead atoms. The predicted octanol–water partition coefficient (Wildman–Crippen LogP) is 4.21. The minimum absolute atomic E-state index is 0.0484. The van der Waals surface area contributed by atoms with E-state index in [0.29, 0.717) is 38.8 Å². The molecule has 1 aliphatic heterocycles. The third-order valence-electron chi connectivity index (χ3n) is 8.67. The molecule has 4 aromatic rings. The van der Waals surface area contributed by atoms with Gasteiger partial charge in [-0.25, -0.2) is 0 Å². The smallest absolute Gasteiger partial charge is 0.246 e. The van der Waals surface area contributed by atoms with Crippen LogP contribution in [0.5, 0.6) is 11.5 Å². The molecule has 2 atom stereocenters. The van der Waals surface area contributed by atoms with Gasteiger partial charge < -0.3 is 34.3 Å². The summed E-state index contributed by atoms with van der Waals surface area (Å²) in [7, 11) is 1.60. The van der Waals surface area contributed by atoms with E-state index in [2.05, 4.69) is 4.98 Å². The Morgan fingerprint density at radius 2 is 1.93 bits per heavy atom. The lowest BCUT2D eigenvalue weighted by Crippen LogP contribution is -2.61. The number of aldehydes is 1. The molecule has 2 unspecified atom stereocenters. The minimum atomic E-state index is -0.971. The maximum Gasteiger partial charge on any atom is 0.246 e. The number of aromatic amines is 1. The fourth-order valence-corrected chi connectivity index (χ4v) is 6.72. The van der Waals surface area contributed by atoms with Gasteiger partial charge in [0.15, 0.2) is 0 Å². The summed E-state index contributed by atoms with van der Waals surface area (Å²) in [5.74, 6) is 0.0577. The Kier molecular flexibility index (Phi) is 10.7. The highest BCUT2D eigenvalue weighted by Crippen LogP contribution is 2.25. The van der Waals surface area contributed by atoms with Crippen LogP contribution >= 0.6 is 11.3 Å². The van der Waals surface area contributed by atoms with Gasteiger partial charge in [-0.15, -0.1) is 11.3 Å². The van der Waals surface area contributed by atoms with Crippen LogP contribution in [-0.4, -0.2) is 94.2 Å². The lowest BCUT2D eigenvalue weighted by molar-refractivity contribution is -0.158. The first-order chi connectivity index (χ1) is 22.3. The second-order valence-electron chi connectivity index (χ2n) is 11.5. The van der Waals surface area contributed by atoms with Gasteiger partial charge in [0.1, 0.15) is 23.8 Å². The van der Waals surface area contributed by atoms with Gasteiger partial charge in [0, 0.05) is 41.6 Å². The minimum Gasteiger partial charge on any atom is -0.508 e. The summed E-state index contributed by atoms with van der Waals surface area (Å²) < 4.78 is 5.24. The fourth-order valence-electron chi connectivity index (χ4n) is 6.02. The average Bonchev–Trinajstić information content (AvgIpc) is 3.73. The van der Waals surface area contributed by atoms with Gasteiger partial charge in [-0.3, -0.25) is 14.4 Å². The van der Waals surface area contributed by atoms with Crippen LogP contribution in [0.4, 0.5) is 0 Å². The molecule has 1 fully saturated rings. The second-order valence-corrected chi connectivity index (χ2v) is 12.5. The van der Waals surface area contributed by atoms with Crippen LogP contribution < -0.4 is 4.74 Å². The van der Waals surface area contributed by atoms with Crippen molar-refractivity contribution in [2.45, 2.75) is 51.1 Å². The van der Waals surface area contributed by atoms with Crippen LogP contribution in [0.25, 0.3) is 10.9 Å². The summed E-state index contributed by atoms with van der Waals surface area (Å²) in [5.41, 5.74) is 2.76. The van der Waals surface area contributed by atoms with Crippen LogP contribution in [0.1, 0.15) is 35.8 Å². The van der Waals surface area contributed by atoms with E-state index in [0.717, 1.165) is 38.9 Å². The Morgan fingerprint density at radius 3 is 2.63 bits per heavy atom. The van der Waals surface area contributed by atoms with E-state index in [1.807, 2.05) is 54.9 Å². The Morgan fingerprint density at radius 1 is 1.13 bits per heavy atom. The van der Waals surface area contributed by atoms with Crippen molar-refractivity contribution in [3.63, 3.8) is 0 Å². The summed E-state index contributed by atoms with van der Waals surface area (Å²) in [6, 6.07) is 14.9. The van der Waals surface area contributed by atoms with Crippen molar-refractivity contribution >= 4 is 46.2 Å². The first kappa shape index (κ1) is 32.7. The SMILES string of the molecule is CCC(C=O)N(CCc1c[nH]c2ccc(O)cc12)C(=O)CC1C(=O)N(CCc2ccc(OC)cc2)CC(=O)N1CCc1cccs1. The van der Waals surface area contributed by atoms with E-state index in [1.165, 1.54) is 4.90 Å². The van der Waals surface area contributed by atoms with Gasteiger partial charge in [-0.1, -0.05) is 25.1 Å². The van der Waals surface area contributed by atoms with Crippen molar-refractivity contribution in [3.05, 3.63) is 82.2 Å². The number of benzene rings is 2. The molecule has 2 aromatic carbocycles. The highest BCUT2D eigenvalue weighted by atomic mass is 32.1. The predicted molar refractivity (Wildman–Crippen MR) is 177 cm³/mol. The third-order valence-corrected chi connectivity index (χ3v) is 9.60. The molecule has 0 aliphatic carbocycles. The van der Waals surface area contributed by atoms with Crippen molar-refractivity contribution in [2.75, 3.05) is 33.3 Å². The third kappa shape index (κ3) is 7.59.